The van der Waals surface area contributed by atoms with E-state index in [4.69, 9.17) is 19.4 Å². The van der Waals surface area contributed by atoms with Gasteiger partial charge in [0, 0.05) is 54.7 Å². The van der Waals surface area contributed by atoms with E-state index in [0.717, 1.165) is 93.5 Å². The van der Waals surface area contributed by atoms with Crippen LogP contribution < -0.4 is 0 Å². The Hall–Kier alpha value is -7.83. The van der Waals surface area contributed by atoms with Crippen LogP contribution in [-0.4, -0.2) is 24.1 Å². The van der Waals surface area contributed by atoms with E-state index in [9.17, 15) is 0 Å². The number of hydrogen-bond donors (Lipinski definition) is 0. The third kappa shape index (κ3) is 4.81. The standard InChI is InChI=1S/C51H31N5O/c1-3-15-32(16-4-1)49-52-50(41-24-14-27-44-47(41)40-21-8-11-26-43(40)55(44)34-17-5-2-6-18-34)54-51(53-49)56-42-25-10-7-19-36(42)37-30-29-33(31-45(37)56)35-22-13-23-39-38-20-9-12-28-46(38)57-48(35)39/h1-31H. The molecule has 0 radical (unpaired) electrons. The van der Waals surface area contributed by atoms with Crippen LogP contribution in [0.2, 0.25) is 0 Å². The van der Waals surface area contributed by atoms with Gasteiger partial charge in [-0.1, -0.05) is 146 Å². The number of nitrogens with zero attached hydrogens (tertiary/aromatic N) is 5. The van der Waals surface area contributed by atoms with Gasteiger partial charge in [0.25, 0.3) is 0 Å². The number of furan rings is 1. The van der Waals surface area contributed by atoms with E-state index in [-0.39, 0.29) is 0 Å². The van der Waals surface area contributed by atoms with E-state index in [1.165, 1.54) is 0 Å². The fraction of sp³-hybridized carbons (Fsp3) is 0. The molecule has 0 bridgehead atoms. The van der Waals surface area contributed by atoms with E-state index < -0.39 is 0 Å². The number of fused-ring (bicyclic) bond motifs is 9. The molecule has 4 heterocycles. The van der Waals surface area contributed by atoms with Crippen LogP contribution >= 0.6 is 0 Å². The maximum atomic E-state index is 6.51. The van der Waals surface area contributed by atoms with Gasteiger partial charge in [-0.05, 0) is 48.0 Å². The van der Waals surface area contributed by atoms with Crippen molar-refractivity contribution in [1.29, 1.82) is 0 Å². The number of benzene rings is 8. The van der Waals surface area contributed by atoms with E-state index in [2.05, 4.69) is 167 Å². The monoisotopic (exact) mass is 729 g/mol. The lowest BCUT2D eigenvalue weighted by Gasteiger charge is -2.12. The third-order valence-electron chi connectivity index (χ3n) is 11.2. The number of rotatable bonds is 5. The van der Waals surface area contributed by atoms with Crippen molar-refractivity contribution >= 4 is 65.6 Å². The first-order valence-electron chi connectivity index (χ1n) is 19.1. The fourth-order valence-corrected chi connectivity index (χ4v) is 8.69. The molecule has 6 nitrogen and oxygen atoms in total. The molecule has 266 valence electrons. The summed E-state index contributed by atoms with van der Waals surface area (Å²) in [5.74, 6) is 1.76. The lowest BCUT2D eigenvalue weighted by molar-refractivity contribution is 0.670. The Balaban J connectivity index is 1.14. The Bertz CT molecular complexity index is 3520. The van der Waals surface area contributed by atoms with Crippen molar-refractivity contribution in [1.82, 2.24) is 24.1 Å². The van der Waals surface area contributed by atoms with Crippen molar-refractivity contribution in [2.45, 2.75) is 0 Å². The molecule has 0 fully saturated rings. The highest BCUT2D eigenvalue weighted by atomic mass is 16.3. The van der Waals surface area contributed by atoms with E-state index in [0.29, 0.717) is 17.6 Å². The van der Waals surface area contributed by atoms with Crippen molar-refractivity contribution in [2.24, 2.45) is 0 Å². The molecule has 0 aliphatic carbocycles. The van der Waals surface area contributed by atoms with E-state index >= 15 is 0 Å². The maximum Gasteiger partial charge on any atom is 0.238 e. The van der Waals surface area contributed by atoms with Gasteiger partial charge >= 0.3 is 0 Å². The summed E-state index contributed by atoms with van der Waals surface area (Å²) in [4.78, 5) is 15.9. The molecule has 57 heavy (non-hydrogen) atoms. The summed E-state index contributed by atoms with van der Waals surface area (Å²) < 4.78 is 11.0. The van der Waals surface area contributed by atoms with Crippen LogP contribution in [0.5, 0.6) is 0 Å². The van der Waals surface area contributed by atoms with Crippen LogP contribution in [0.1, 0.15) is 0 Å². The first-order chi connectivity index (χ1) is 28.3. The zero-order valence-corrected chi connectivity index (χ0v) is 30.5. The zero-order chi connectivity index (χ0) is 37.5. The number of para-hydroxylation sites is 5. The lowest BCUT2D eigenvalue weighted by Crippen LogP contribution is -2.06. The molecule has 12 rings (SSSR count). The fourth-order valence-electron chi connectivity index (χ4n) is 8.69. The Morgan fingerprint density at radius 2 is 0.982 bits per heavy atom. The lowest BCUT2D eigenvalue weighted by atomic mass is 10.0. The Morgan fingerprint density at radius 3 is 1.82 bits per heavy atom. The molecule has 0 saturated carbocycles. The highest BCUT2D eigenvalue weighted by Crippen LogP contribution is 2.41. The molecule has 0 spiro atoms. The molecular weight excluding hydrogens is 699 g/mol. The Kier molecular flexibility index (Phi) is 6.83. The minimum Gasteiger partial charge on any atom is -0.455 e. The molecule has 0 aliphatic rings. The van der Waals surface area contributed by atoms with Gasteiger partial charge in [-0.2, -0.15) is 9.97 Å². The van der Waals surface area contributed by atoms with Gasteiger partial charge < -0.3 is 8.98 Å². The average Bonchev–Trinajstić information content (AvgIpc) is 3.94. The summed E-state index contributed by atoms with van der Waals surface area (Å²) in [5.41, 5.74) is 11.0. The highest BCUT2D eigenvalue weighted by molar-refractivity contribution is 6.16. The van der Waals surface area contributed by atoms with Gasteiger partial charge in [-0.25, -0.2) is 4.98 Å². The zero-order valence-electron chi connectivity index (χ0n) is 30.5. The van der Waals surface area contributed by atoms with Crippen molar-refractivity contribution in [3.05, 3.63) is 188 Å². The molecule has 0 aliphatic heterocycles. The molecule has 0 amide bonds. The van der Waals surface area contributed by atoms with Gasteiger partial charge in [-0.3, -0.25) is 4.57 Å². The minimum atomic E-state index is 0.549. The largest absolute Gasteiger partial charge is 0.455 e. The molecule has 12 aromatic rings. The summed E-state index contributed by atoms with van der Waals surface area (Å²) in [6.07, 6.45) is 0. The van der Waals surface area contributed by atoms with Crippen LogP contribution in [0.25, 0.3) is 111 Å². The van der Waals surface area contributed by atoms with Crippen LogP contribution in [0, 0.1) is 0 Å². The van der Waals surface area contributed by atoms with Gasteiger partial charge in [-0.15, -0.1) is 0 Å². The first-order valence-corrected chi connectivity index (χ1v) is 19.1. The summed E-state index contributed by atoms with van der Waals surface area (Å²) in [7, 11) is 0. The van der Waals surface area contributed by atoms with Crippen LogP contribution in [0.15, 0.2) is 192 Å². The second kappa shape index (κ2) is 12.3. The van der Waals surface area contributed by atoms with E-state index in [1.54, 1.807) is 0 Å². The maximum absolute atomic E-state index is 6.51. The van der Waals surface area contributed by atoms with Crippen molar-refractivity contribution in [3.8, 4) is 45.5 Å². The molecular formula is C51H31N5O. The SMILES string of the molecule is c1ccc(-c2nc(-c3cccc4c3c3ccccc3n4-c3ccccc3)nc(-n3c4ccccc4c4ccc(-c5cccc6c5oc5ccccc56)cc43)n2)cc1. The average molecular weight is 730 g/mol. The molecule has 0 saturated heterocycles. The number of hydrogen-bond acceptors (Lipinski definition) is 4. The number of aromatic nitrogens is 5. The van der Waals surface area contributed by atoms with Gasteiger partial charge in [0.05, 0.1) is 22.1 Å². The second-order valence-corrected chi connectivity index (χ2v) is 14.4. The summed E-state index contributed by atoms with van der Waals surface area (Å²) in [5, 5.41) is 6.67. The quantitative estimate of drug-likeness (QED) is 0.177. The smallest absolute Gasteiger partial charge is 0.238 e. The molecule has 0 N–H and O–H groups in total. The molecule has 0 unspecified atom stereocenters. The molecule has 4 aromatic heterocycles. The van der Waals surface area contributed by atoms with Crippen molar-refractivity contribution in [2.75, 3.05) is 0 Å². The Morgan fingerprint density at radius 1 is 0.368 bits per heavy atom. The Labute approximate surface area is 326 Å². The highest BCUT2D eigenvalue weighted by Gasteiger charge is 2.22. The van der Waals surface area contributed by atoms with Gasteiger partial charge in [0.15, 0.2) is 11.6 Å². The van der Waals surface area contributed by atoms with Gasteiger partial charge in [0.1, 0.15) is 11.2 Å². The van der Waals surface area contributed by atoms with E-state index in [1.807, 2.05) is 30.3 Å². The van der Waals surface area contributed by atoms with Crippen LogP contribution in [0.3, 0.4) is 0 Å². The predicted molar refractivity (Wildman–Crippen MR) is 232 cm³/mol. The summed E-state index contributed by atoms with van der Waals surface area (Å²) in [6.45, 7) is 0. The molecule has 6 heteroatoms. The third-order valence-corrected chi connectivity index (χ3v) is 11.2. The normalized spacial score (nSPS) is 11.9. The van der Waals surface area contributed by atoms with Gasteiger partial charge in [0.2, 0.25) is 5.95 Å². The molecule has 0 atom stereocenters. The topological polar surface area (TPSA) is 61.7 Å². The second-order valence-electron chi connectivity index (χ2n) is 14.4. The first kappa shape index (κ1) is 31.5. The minimum absolute atomic E-state index is 0.549. The summed E-state index contributed by atoms with van der Waals surface area (Å²) >= 11 is 0. The van der Waals surface area contributed by atoms with Crippen molar-refractivity contribution < 1.29 is 4.42 Å². The molecule has 8 aromatic carbocycles. The van der Waals surface area contributed by atoms with Crippen LogP contribution in [0.4, 0.5) is 0 Å². The van der Waals surface area contributed by atoms with Crippen LogP contribution in [-0.2, 0) is 0 Å². The summed E-state index contributed by atoms with van der Waals surface area (Å²) in [6, 6.07) is 65.4. The predicted octanol–water partition coefficient (Wildman–Crippen LogP) is 13.0. The van der Waals surface area contributed by atoms with Crippen molar-refractivity contribution in [3.63, 3.8) is 0 Å².